The molecule has 0 radical (unpaired) electrons. The average Bonchev–Trinajstić information content (AvgIpc) is 3.22. The van der Waals surface area contributed by atoms with Gasteiger partial charge in [0.2, 0.25) is 5.88 Å². The molecule has 182 valence electrons. The third-order valence-corrected chi connectivity index (χ3v) is 6.24. The van der Waals surface area contributed by atoms with E-state index in [-0.39, 0.29) is 23.9 Å². The van der Waals surface area contributed by atoms with Gasteiger partial charge in [-0.1, -0.05) is 18.2 Å². The predicted octanol–water partition coefficient (Wildman–Crippen LogP) is 3.43. The quantitative estimate of drug-likeness (QED) is 0.283. The molecule has 2 heterocycles. The van der Waals surface area contributed by atoms with E-state index in [2.05, 4.69) is 20.4 Å². The molecule has 2 aromatic heterocycles. The summed E-state index contributed by atoms with van der Waals surface area (Å²) in [5.41, 5.74) is 10.3. The third kappa shape index (κ3) is 5.57. The number of ether oxygens (including phenoxy) is 1. The van der Waals surface area contributed by atoms with E-state index in [0.29, 0.717) is 22.9 Å². The van der Waals surface area contributed by atoms with Gasteiger partial charge in [-0.2, -0.15) is 0 Å². The van der Waals surface area contributed by atoms with Crippen LogP contribution in [0.15, 0.2) is 59.7 Å². The third-order valence-electron chi connectivity index (χ3n) is 5.29. The number of aliphatic imine (C=N–C) groups is 1. The fourth-order valence-corrected chi connectivity index (χ4v) is 4.05. The van der Waals surface area contributed by atoms with Crippen molar-refractivity contribution in [2.24, 2.45) is 10.7 Å². The van der Waals surface area contributed by atoms with E-state index in [1.165, 1.54) is 24.5 Å². The number of nitrogens with zero attached hydrogens (tertiary/aromatic N) is 4. The smallest absolute Gasteiger partial charge is 0.239 e. The largest absolute Gasteiger partial charge is 0.437 e. The fourth-order valence-electron chi connectivity index (χ4n) is 3.58. The molecule has 0 spiro atoms. The Bertz CT molecular complexity index is 1530. The Morgan fingerprint density at radius 1 is 1.23 bits per heavy atom. The molecule has 0 aliphatic rings. The minimum absolute atomic E-state index is 0.0593. The zero-order chi connectivity index (χ0) is 25.2. The number of amidine groups is 1. The van der Waals surface area contributed by atoms with E-state index >= 15 is 0 Å². The average molecular weight is 497 g/mol. The van der Waals surface area contributed by atoms with Crippen molar-refractivity contribution < 1.29 is 17.5 Å². The molecular weight excluding hydrogens is 471 g/mol. The van der Waals surface area contributed by atoms with Gasteiger partial charge in [-0.3, -0.25) is 4.99 Å². The number of halogens is 1. The molecule has 0 aliphatic heterocycles. The number of sulfone groups is 1. The van der Waals surface area contributed by atoms with Crippen LogP contribution in [0.2, 0.25) is 0 Å². The number of fused-ring (bicyclic) bond motifs is 1. The molecule has 0 amide bonds. The Morgan fingerprint density at radius 2 is 2.03 bits per heavy atom. The van der Waals surface area contributed by atoms with Gasteiger partial charge in [0.1, 0.15) is 27.2 Å². The van der Waals surface area contributed by atoms with Crippen LogP contribution in [-0.4, -0.2) is 54.5 Å². The SMILES string of the molecule is CN=C(N)c1ccc(-c2cnc3c(NCCS(C)(=O)=O)cc(Oc4cccc(F)c4)nn23)cc1C. The van der Waals surface area contributed by atoms with Crippen LogP contribution in [0.1, 0.15) is 11.1 Å². The van der Waals surface area contributed by atoms with Crippen LogP contribution in [0, 0.1) is 12.7 Å². The Kier molecular flexibility index (Phi) is 6.70. The highest BCUT2D eigenvalue weighted by atomic mass is 32.2. The molecular formula is C24H25FN6O3S. The maximum atomic E-state index is 13.7. The summed E-state index contributed by atoms with van der Waals surface area (Å²) in [4.78, 5) is 8.55. The summed E-state index contributed by atoms with van der Waals surface area (Å²) >= 11 is 0. The fraction of sp³-hybridized carbons (Fsp3) is 0.208. The van der Waals surface area contributed by atoms with Gasteiger partial charge in [-0.15, -0.1) is 5.10 Å². The number of rotatable bonds is 8. The lowest BCUT2D eigenvalue weighted by molar-refractivity contribution is 0.449. The van der Waals surface area contributed by atoms with Crippen molar-refractivity contribution in [1.82, 2.24) is 14.6 Å². The van der Waals surface area contributed by atoms with Crippen molar-refractivity contribution in [2.75, 3.05) is 30.9 Å². The zero-order valence-electron chi connectivity index (χ0n) is 19.5. The highest BCUT2D eigenvalue weighted by molar-refractivity contribution is 7.90. The zero-order valence-corrected chi connectivity index (χ0v) is 20.3. The molecule has 0 fully saturated rings. The van der Waals surface area contributed by atoms with Crippen LogP contribution >= 0.6 is 0 Å². The van der Waals surface area contributed by atoms with Crippen LogP contribution in [0.3, 0.4) is 0 Å². The van der Waals surface area contributed by atoms with Crippen LogP contribution in [0.4, 0.5) is 10.1 Å². The molecule has 35 heavy (non-hydrogen) atoms. The molecule has 2 aromatic carbocycles. The summed E-state index contributed by atoms with van der Waals surface area (Å²) < 4.78 is 44.3. The van der Waals surface area contributed by atoms with Crippen LogP contribution in [-0.2, 0) is 9.84 Å². The number of aromatic nitrogens is 3. The Hall–Kier alpha value is -3.99. The lowest BCUT2D eigenvalue weighted by Crippen LogP contribution is -2.15. The first-order chi connectivity index (χ1) is 16.6. The van der Waals surface area contributed by atoms with E-state index in [1.54, 1.807) is 29.9 Å². The summed E-state index contributed by atoms with van der Waals surface area (Å²) in [5.74, 6) is 0.392. The number of benzene rings is 2. The van der Waals surface area contributed by atoms with Crippen LogP contribution in [0.25, 0.3) is 16.9 Å². The van der Waals surface area contributed by atoms with Gasteiger partial charge >= 0.3 is 0 Å². The molecule has 0 saturated carbocycles. The molecule has 0 atom stereocenters. The second kappa shape index (κ2) is 9.71. The van der Waals surface area contributed by atoms with Gasteiger partial charge in [0.25, 0.3) is 0 Å². The maximum absolute atomic E-state index is 13.7. The number of hydrogen-bond acceptors (Lipinski definition) is 7. The topological polar surface area (TPSA) is 124 Å². The van der Waals surface area contributed by atoms with Gasteiger partial charge in [0, 0.05) is 43.1 Å². The normalized spacial score (nSPS) is 12.2. The van der Waals surface area contributed by atoms with Crippen molar-refractivity contribution >= 4 is 27.0 Å². The number of anilines is 1. The number of nitrogens with one attached hydrogen (secondary N) is 1. The Labute approximate surface area is 202 Å². The van der Waals surface area contributed by atoms with Crippen molar-refractivity contribution in [2.45, 2.75) is 6.92 Å². The standard InChI is InChI=1S/C24H25FN6O3S/c1-15-11-16(7-8-19(15)23(26)27-2)21-14-29-24-20(28-9-10-35(3,32)33)13-22(30-31(21)24)34-18-6-4-5-17(25)12-18/h4-8,11-14,28H,9-10H2,1-3H3,(H2,26,27). The summed E-state index contributed by atoms with van der Waals surface area (Å²) in [6.45, 7) is 2.10. The van der Waals surface area contributed by atoms with E-state index in [1.807, 2.05) is 25.1 Å². The lowest BCUT2D eigenvalue weighted by atomic mass is 10.0. The van der Waals surface area contributed by atoms with Crippen LogP contribution in [0.5, 0.6) is 11.6 Å². The Balaban J connectivity index is 1.79. The molecule has 0 unspecified atom stereocenters. The van der Waals surface area contributed by atoms with Gasteiger partial charge in [0.15, 0.2) is 5.65 Å². The second-order valence-electron chi connectivity index (χ2n) is 8.03. The highest BCUT2D eigenvalue weighted by Crippen LogP contribution is 2.30. The minimum Gasteiger partial charge on any atom is -0.437 e. The molecule has 4 rings (SSSR count). The van der Waals surface area contributed by atoms with Gasteiger partial charge in [-0.25, -0.2) is 22.3 Å². The minimum atomic E-state index is -3.17. The summed E-state index contributed by atoms with van der Waals surface area (Å²) in [6, 6.07) is 13.0. The van der Waals surface area contributed by atoms with Gasteiger partial charge in [0.05, 0.1) is 23.3 Å². The number of aryl methyl sites for hydroxylation is 1. The molecule has 3 N–H and O–H groups in total. The molecule has 0 aliphatic carbocycles. The number of hydrogen-bond donors (Lipinski definition) is 2. The summed E-state index contributed by atoms with van der Waals surface area (Å²) in [6.07, 6.45) is 2.84. The highest BCUT2D eigenvalue weighted by Gasteiger charge is 2.16. The first-order valence-corrected chi connectivity index (χ1v) is 12.8. The molecule has 11 heteroatoms. The molecule has 0 bridgehead atoms. The van der Waals surface area contributed by atoms with Crippen molar-refractivity contribution in [3.63, 3.8) is 0 Å². The van der Waals surface area contributed by atoms with Crippen molar-refractivity contribution in [3.05, 3.63) is 71.7 Å². The number of imidazole rings is 1. The molecule has 4 aromatic rings. The lowest BCUT2D eigenvalue weighted by Gasteiger charge is -2.12. The van der Waals surface area contributed by atoms with E-state index in [0.717, 1.165) is 16.7 Å². The maximum Gasteiger partial charge on any atom is 0.239 e. The summed E-state index contributed by atoms with van der Waals surface area (Å²) in [5, 5.41) is 7.66. The summed E-state index contributed by atoms with van der Waals surface area (Å²) in [7, 11) is -1.53. The van der Waals surface area contributed by atoms with Gasteiger partial charge in [-0.05, 0) is 30.7 Å². The van der Waals surface area contributed by atoms with Crippen molar-refractivity contribution in [3.8, 4) is 22.9 Å². The monoisotopic (exact) mass is 496 g/mol. The second-order valence-corrected chi connectivity index (χ2v) is 10.3. The van der Waals surface area contributed by atoms with Crippen LogP contribution < -0.4 is 15.8 Å². The molecule has 0 saturated heterocycles. The van der Waals surface area contributed by atoms with E-state index in [9.17, 15) is 12.8 Å². The van der Waals surface area contributed by atoms with E-state index < -0.39 is 15.7 Å². The Morgan fingerprint density at radius 3 is 2.71 bits per heavy atom. The first kappa shape index (κ1) is 24.1. The molecule has 9 nitrogen and oxygen atoms in total. The van der Waals surface area contributed by atoms with Gasteiger partial charge < -0.3 is 15.8 Å². The number of nitrogens with two attached hydrogens (primary N) is 1. The predicted molar refractivity (Wildman–Crippen MR) is 134 cm³/mol. The van der Waals surface area contributed by atoms with Crippen molar-refractivity contribution in [1.29, 1.82) is 0 Å². The first-order valence-electron chi connectivity index (χ1n) is 10.7. The van der Waals surface area contributed by atoms with E-state index in [4.69, 9.17) is 10.5 Å².